The van der Waals surface area contributed by atoms with Gasteiger partial charge < -0.3 is 5.73 Å². The van der Waals surface area contributed by atoms with Crippen LogP contribution in [-0.4, -0.2) is 16.6 Å². The van der Waals surface area contributed by atoms with Crippen LogP contribution >= 0.6 is 23.1 Å². The molecule has 0 aromatic carbocycles. The third-order valence-electron chi connectivity index (χ3n) is 1.25. The summed E-state index contributed by atoms with van der Waals surface area (Å²) in [5.41, 5.74) is 5.30. The van der Waals surface area contributed by atoms with Gasteiger partial charge in [0, 0.05) is 11.9 Å². The molecule has 1 aromatic rings. The van der Waals surface area contributed by atoms with Gasteiger partial charge in [-0.2, -0.15) is 11.8 Å². The average Bonchev–Trinajstić information content (AvgIpc) is 2.48. The van der Waals surface area contributed by atoms with E-state index in [4.69, 9.17) is 11.1 Å². The van der Waals surface area contributed by atoms with E-state index in [0.29, 0.717) is 0 Å². The smallest absolute Gasteiger partial charge is 0.134 e. The van der Waals surface area contributed by atoms with Crippen molar-refractivity contribution in [3.8, 4) is 0 Å². The van der Waals surface area contributed by atoms with Crippen LogP contribution in [0.15, 0.2) is 6.20 Å². The Bertz CT molecular complexity index is 269. The molecule has 0 radical (unpaired) electrons. The molecule has 0 saturated heterocycles. The number of hydrogen-bond acceptors (Lipinski definition) is 4. The Balaban J connectivity index is 2.58. The van der Waals surface area contributed by atoms with E-state index < -0.39 is 0 Å². The van der Waals surface area contributed by atoms with Gasteiger partial charge in [-0.3, -0.25) is 5.41 Å². The molecule has 0 fully saturated rings. The van der Waals surface area contributed by atoms with Crippen molar-refractivity contribution >= 4 is 28.9 Å². The SMILES string of the molecule is CCSCc1ncc(C(=N)N)s1. The highest BCUT2D eigenvalue weighted by Gasteiger charge is 2.02. The molecule has 0 atom stereocenters. The first kappa shape index (κ1) is 9.54. The highest BCUT2D eigenvalue weighted by molar-refractivity contribution is 7.98. The number of nitrogen functional groups attached to an aromatic ring is 1. The summed E-state index contributed by atoms with van der Waals surface area (Å²) in [6, 6.07) is 0. The van der Waals surface area contributed by atoms with Crippen molar-refractivity contribution in [1.82, 2.24) is 4.98 Å². The van der Waals surface area contributed by atoms with Crippen LogP contribution in [0.1, 0.15) is 16.8 Å². The molecular formula is C7H11N3S2. The van der Waals surface area contributed by atoms with Crippen LogP contribution in [0.4, 0.5) is 0 Å². The molecule has 0 aliphatic carbocycles. The number of thioether (sulfide) groups is 1. The summed E-state index contributed by atoms with van der Waals surface area (Å²) in [5.74, 6) is 2.13. The van der Waals surface area contributed by atoms with Crippen LogP contribution in [-0.2, 0) is 5.75 Å². The Morgan fingerprint density at radius 2 is 2.58 bits per heavy atom. The predicted octanol–water partition coefficient (Wildman–Crippen LogP) is 1.68. The summed E-state index contributed by atoms with van der Waals surface area (Å²) >= 11 is 3.32. The fourth-order valence-corrected chi connectivity index (χ4v) is 2.20. The maximum atomic E-state index is 7.17. The van der Waals surface area contributed by atoms with Gasteiger partial charge in [-0.1, -0.05) is 6.92 Å². The molecule has 0 bridgehead atoms. The van der Waals surface area contributed by atoms with Crippen LogP contribution in [0.2, 0.25) is 0 Å². The first-order chi connectivity index (χ1) is 5.74. The molecule has 3 N–H and O–H groups in total. The quantitative estimate of drug-likeness (QED) is 0.575. The summed E-state index contributed by atoms with van der Waals surface area (Å²) in [6.45, 7) is 2.12. The maximum Gasteiger partial charge on any atom is 0.134 e. The van der Waals surface area contributed by atoms with E-state index in [0.717, 1.165) is 21.4 Å². The minimum atomic E-state index is 0.111. The van der Waals surface area contributed by atoms with Gasteiger partial charge >= 0.3 is 0 Å². The van der Waals surface area contributed by atoms with Crippen molar-refractivity contribution in [3.63, 3.8) is 0 Å². The highest BCUT2D eigenvalue weighted by atomic mass is 32.2. The monoisotopic (exact) mass is 201 g/mol. The Labute approximate surface area is 79.9 Å². The van der Waals surface area contributed by atoms with Crippen molar-refractivity contribution in [3.05, 3.63) is 16.1 Å². The molecule has 12 heavy (non-hydrogen) atoms. The molecule has 0 spiro atoms. The lowest BCUT2D eigenvalue weighted by molar-refractivity contribution is 1.26. The van der Waals surface area contributed by atoms with Crippen molar-refractivity contribution in [1.29, 1.82) is 5.41 Å². The van der Waals surface area contributed by atoms with E-state index in [2.05, 4.69) is 11.9 Å². The normalized spacial score (nSPS) is 10.1. The van der Waals surface area contributed by atoms with Gasteiger partial charge in [0.25, 0.3) is 0 Å². The van der Waals surface area contributed by atoms with Gasteiger partial charge in [0.1, 0.15) is 10.8 Å². The lowest BCUT2D eigenvalue weighted by Crippen LogP contribution is -2.08. The Morgan fingerprint density at radius 3 is 3.08 bits per heavy atom. The second-order valence-electron chi connectivity index (χ2n) is 2.17. The zero-order chi connectivity index (χ0) is 8.97. The molecule has 1 rings (SSSR count). The fourth-order valence-electron chi connectivity index (χ4n) is 0.691. The maximum absolute atomic E-state index is 7.17. The van der Waals surface area contributed by atoms with Crippen LogP contribution in [0.5, 0.6) is 0 Å². The molecule has 3 nitrogen and oxygen atoms in total. The Kier molecular flexibility index (Phi) is 3.55. The lowest BCUT2D eigenvalue weighted by Gasteiger charge is -1.91. The average molecular weight is 201 g/mol. The van der Waals surface area contributed by atoms with Crippen LogP contribution in [0.3, 0.4) is 0 Å². The van der Waals surface area contributed by atoms with Crippen molar-refractivity contribution < 1.29 is 0 Å². The number of nitrogens with one attached hydrogen (secondary N) is 1. The number of hydrogen-bond donors (Lipinski definition) is 2. The topological polar surface area (TPSA) is 62.8 Å². The first-order valence-electron chi connectivity index (χ1n) is 3.61. The van der Waals surface area contributed by atoms with Gasteiger partial charge in [0.2, 0.25) is 0 Å². The molecule has 0 aliphatic rings. The summed E-state index contributed by atoms with van der Waals surface area (Å²) < 4.78 is 0. The van der Waals surface area contributed by atoms with Gasteiger partial charge in [0.15, 0.2) is 0 Å². The van der Waals surface area contributed by atoms with E-state index in [1.807, 2.05) is 11.8 Å². The zero-order valence-electron chi connectivity index (χ0n) is 6.83. The first-order valence-corrected chi connectivity index (χ1v) is 5.58. The molecule has 0 amide bonds. The van der Waals surface area contributed by atoms with Crippen molar-refractivity contribution in [2.24, 2.45) is 5.73 Å². The standard InChI is InChI=1S/C7H11N3S2/c1-2-11-4-6-10-3-5(12-6)7(8)9/h3H,2,4H2,1H3,(H3,8,9). The van der Waals surface area contributed by atoms with Gasteiger partial charge in [0.05, 0.1) is 4.88 Å². The van der Waals surface area contributed by atoms with E-state index in [9.17, 15) is 0 Å². The van der Waals surface area contributed by atoms with Crippen molar-refractivity contribution in [2.75, 3.05) is 5.75 Å². The lowest BCUT2D eigenvalue weighted by atomic mass is 10.5. The van der Waals surface area contributed by atoms with Crippen LogP contribution < -0.4 is 5.73 Å². The summed E-state index contributed by atoms with van der Waals surface area (Å²) in [7, 11) is 0. The van der Waals surface area contributed by atoms with Gasteiger partial charge in [-0.15, -0.1) is 11.3 Å². The third-order valence-corrected chi connectivity index (χ3v) is 3.35. The van der Waals surface area contributed by atoms with Crippen LogP contribution in [0, 0.1) is 5.41 Å². The largest absolute Gasteiger partial charge is 0.383 e. The highest BCUT2D eigenvalue weighted by Crippen LogP contribution is 2.17. The molecule has 66 valence electrons. The van der Waals surface area contributed by atoms with E-state index in [1.54, 1.807) is 6.20 Å². The molecule has 0 saturated carbocycles. The van der Waals surface area contributed by atoms with E-state index in [-0.39, 0.29) is 5.84 Å². The molecule has 1 aromatic heterocycles. The molecular weight excluding hydrogens is 190 g/mol. The number of nitrogens with zero attached hydrogens (tertiary/aromatic N) is 1. The number of amidine groups is 1. The number of thiazole rings is 1. The third kappa shape index (κ3) is 2.49. The molecule has 5 heteroatoms. The molecule has 0 unspecified atom stereocenters. The summed E-state index contributed by atoms with van der Waals surface area (Å²) in [5, 5.41) is 8.22. The Hall–Kier alpha value is -0.550. The zero-order valence-corrected chi connectivity index (χ0v) is 8.47. The molecule has 0 aliphatic heterocycles. The van der Waals surface area contributed by atoms with E-state index in [1.165, 1.54) is 11.3 Å². The number of aromatic nitrogens is 1. The minimum Gasteiger partial charge on any atom is -0.383 e. The summed E-state index contributed by atoms with van der Waals surface area (Å²) in [4.78, 5) is 4.92. The van der Waals surface area contributed by atoms with Gasteiger partial charge in [-0.25, -0.2) is 4.98 Å². The minimum absolute atomic E-state index is 0.111. The Morgan fingerprint density at radius 1 is 1.83 bits per heavy atom. The van der Waals surface area contributed by atoms with Gasteiger partial charge in [-0.05, 0) is 5.75 Å². The second-order valence-corrected chi connectivity index (χ2v) is 4.56. The second kappa shape index (κ2) is 4.47. The summed E-state index contributed by atoms with van der Waals surface area (Å²) in [6.07, 6.45) is 1.67. The number of nitrogens with two attached hydrogens (primary N) is 1. The predicted molar refractivity (Wildman–Crippen MR) is 55.0 cm³/mol. The molecule has 1 heterocycles. The van der Waals surface area contributed by atoms with Crippen LogP contribution in [0.25, 0.3) is 0 Å². The fraction of sp³-hybridized carbons (Fsp3) is 0.429. The van der Waals surface area contributed by atoms with E-state index >= 15 is 0 Å². The van der Waals surface area contributed by atoms with Crippen molar-refractivity contribution in [2.45, 2.75) is 12.7 Å². The number of rotatable bonds is 4.